The van der Waals surface area contributed by atoms with Crippen molar-refractivity contribution in [2.24, 2.45) is 11.3 Å². The van der Waals surface area contributed by atoms with Crippen molar-refractivity contribution in [1.82, 2.24) is 29.5 Å². The summed E-state index contributed by atoms with van der Waals surface area (Å²) in [5.41, 5.74) is 4.33. The molecule has 2 amide bonds. The molecule has 2 aliphatic heterocycles. The van der Waals surface area contributed by atoms with Crippen LogP contribution >= 0.6 is 11.6 Å². The molecule has 1 atom stereocenters. The lowest BCUT2D eigenvalue weighted by Crippen LogP contribution is -2.44. The predicted molar refractivity (Wildman–Crippen MR) is 163 cm³/mol. The van der Waals surface area contributed by atoms with Gasteiger partial charge in [0.2, 0.25) is 11.8 Å². The number of amides is 2. The van der Waals surface area contributed by atoms with E-state index >= 15 is 0 Å². The number of rotatable bonds is 5. The largest absolute Gasteiger partial charge is 0.343 e. The molecular weight excluding hydrogens is 552 g/mol. The highest BCUT2D eigenvalue weighted by Crippen LogP contribution is 2.35. The van der Waals surface area contributed by atoms with Crippen LogP contribution < -0.4 is 5.69 Å². The van der Waals surface area contributed by atoms with Crippen molar-refractivity contribution in [3.63, 3.8) is 0 Å². The highest BCUT2D eigenvalue weighted by Gasteiger charge is 2.36. The van der Waals surface area contributed by atoms with Crippen LogP contribution in [0.3, 0.4) is 0 Å². The average molecular weight is 589 g/mol. The Kier molecular flexibility index (Phi) is 7.47. The second-order valence-electron chi connectivity index (χ2n) is 12.9. The van der Waals surface area contributed by atoms with E-state index in [-0.39, 0.29) is 35.4 Å². The van der Waals surface area contributed by atoms with Crippen molar-refractivity contribution in [1.29, 1.82) is 0 Å². The molecular formula is C32H37ClN6O3. The quantitative estimate of drug-likeness (QED) is 0.335. The van der Waals surface area contributed by atoms with Gasteiger partial charge in [-0.05, 0) is 47.4 Å². The maximum Gasteiger partial charge on any atom is 0.326 e. The Bertz CT molecular complexity index is 1670. The van der Waals surface area contributed by atoms with E-state index in [2.05, 4.69) is 36.0 Å². The summed E-state index contributed by atoms with van der Waals surface area (Å²) < 4.78 is 1.76. The number of carbonyl (C=O) groups is 2. The number of likely N-dealkylation sites (tertiary alicyclic amines) is 1. The van der Waals surface area contributed by atoms with Gasteiger partial charge in [-0.2, -0.15) is 5.10 Å². The minimum absolute atomic E-state index is 0.00412. The molecule has 0 radical (unpaired) electrons. The lowest BCUT2D eigenvalue weighted by Gasteiger charge is -2.34. The number of H-pyrrole nitrogens is 2. The molecule has 0 saturated carbocycles. The third-order valence-electron chi connectivity index (χ3n) is 8.49. The van der Waals surface area contributed by atoms with E-state index in [1.165, 1.54) is 0 Å². The number of benzene rings is 2. The van der Waals surface area contributed by atoms with Gasteiger partial charge >= 0.3 is 5.69 Å². The molecule has 6 rings (SSSR count). The van der Waals surface area contributed by atoms with Gasteiger partial charge in [-0.25, -0.2) is 4.79 Å². The van der Waals surface area contributed by atoms with Crippen LogP contribution in [0, 0.1) is 11.3 Å². The monoisotopic (exact) mass is 588 g/mol. The summed E-state index contributed by atoms with van der Waals surface area (Å²) in [6, 6.07) is 11.7. The molecule has 0 bridgehead atoms. The number of carbonyl (C=O) groups excluding carboxylic acids is 2. The Morgan fingerprint density at radius 3 is 2.57 bits per heavy atom. The van der Waals surface area contributed by atoms with E-state index < -0.39 is 5.92 Å². The molecule has 0 spiro atoms. The third-order valence-corrected chi connectivity index (χ3v) is 8.79. The molecule has 2 aromatic heterocycles. The first-order valence-corrected chi connectivity index (χ1v) is 15.0. The van der Waals surface area contributed by atoms with Crippen LogP contribution in [0.2, 0.25) is 5.02 Å². The molecule has 4 aromatic rings. The number of hydrogen-bond acceptors (Lipinski definition) is 4. The summed E-state index contributed by atoms with van der Waals surface area (Å²) in [7, 11) is 0. The molecule has 220 valence electrons. The minimum Gasteiger partial charge on any atom is -0.343 e. The van der Waals surface area contributed by atoms with Gasteiger partial charge in [-0.1, -0.05) is 62.7 Å². The summed E-state index contributed by atoms with van der Waals surface area (Å²) in [4.78, 5) is 47.0. The van der Waals surface area contributed by atoms with Crippen molar-refractivity contribution in [3.05, 3.63) is 75.4 Å². The van der Waals surface area contributed by atoms with Gasteiger partial charge < -0.3 is 14.8 Å². The van der Waals surface area contributed by atoms with Gasteiger partial charge in [-0.15, -0.1) is 0 Å². The Balaban J connectivity index is 1.17. The summed E-state index contributed by atoms with van der Waals surface area (Å²) >= 11 is 6.58. The van der Waals surface area contributed by atoms with E-state index in [4.69, 9.17) is 11.6 Å². The zero-order valence-corrected chi connectivity index (χ0v) is 25.1. The topological polar surface area (TPSA) is 107 Å². The molecule has 42 heavy (non-hydrogen) atoms. The van der Waals surface area contributed by atoms with Gasteiger partial charge in [-0.3, -0.25) is 19.3 Å². The maximum absolute atomic E-state index is 13.9. The highest BCUT2D eigenvalue weighted by atomic mass is 35.5. The van der Waals surface area contributed by atoms with Gasteiger partial charge in [0.1, 0.15) is 0 Å². The van der Waals surface area contributed by atoms with Crippen LogP contribution in [0.1, 0.15) is 57.2 Å². The third kappa shape index (κ3) is 5.62. The van der Waals surface area contributed by atoms with E-state index in [9.17, 15) is 14.4 Å². The Morgan fingerprint density at radius 2 is 1.86 bits per heavy atom. The van der Waals surface area contributed by atoms with Crippen LogP contribution in [0.5, 0.6) is 0 Å². The van der Waals surface area contributed by atoms with E-state index in [1.807, 2.05) is 52.4 Å². The molecule has 9 nitrogen and oxygen atoms in total. The number of aromatic amines is 2. The summed E-state index contributed by atoms with van der Waals surface area (Å²) in [5.74, 6) is -0.489. The number of hydrogen-bond donors (Lipinski definition) is 2. The van der Waals surface area contributed by atoms with E-state index in [1.54, 1.807) is 10.8 Å². The summed E-state index contributed by atoms with van der Waals surface area (Å²) in [6.45, 7) is 8.49. The first-order valence-electron chi connectivity index (χ1n) is 14.6. The van der Waals surface area contributed by atoms with E-state index in [0.717, 1.165) is 33.3 Å². The van der Waals surface area contributed by atoms with Crippen LogP contribution in [0.15, 0.2) is 53.6 Å². The lowest BCUT2D eigenvalue weighted by molar-refractivity contribution is -0.142. The second-order valence-corrected chi connectivity index (χ2v) is 13.3. The summed E-state index contributed by atoms with van der Waals surface area (Å²) in [6.07, 6.45) is 5.62. The Morgan fingerprint density at radius 1 is 1.12 bits per heavy atom. The van der Waals surface area contributed by atoms with Crippen LogP contribution in [-0.2, 0) is 22.6 Å². The van der Waals surface area contributed by atoms with Crippen molar-refractivity contribution in [3.8, 4) is 11.3 Å². The smallest absolute Gasteiger partial charge is 0.326 e. The van der Waals surface area contributed by atoms with Crippen molar-refractivity contribution in [2.45, 2.75) is 59.0 Å². The fraction of sp³-hybridized carbons (Fsp3) is 0.438. The van der Waals surface area contributed by atoms with Crippen molar-refractivity contribution >= 4 is 34.3 Å². The number of halogens is 1. The highest BCUT2D eigenvalue weighted by molar-refractivity contribution is 6.35. The van der Waals surface area contributed by atoms with Crippen molar-refractivity contribution in [2.75, 3.05) is 19.6 Å². The molecule has 2 N–H and O–H groups in total. The normalized spacial score (nSPS) is 18.4. The number of nitrogens with one attached hydrogen (secondary N) is 2. The first-order chi connectivity index (χ1) is 20.1. The van der Waals surface area contributed by atoms with Gasteiger partial charge in [0.05, 0.1) is 28.3 Å². The SMILES string of the molecule is CC(C)(C)CN1Cc2c(cc(Cl)c3[nH]ncc23)CC(CC(=O)N2CCC(n3cc(-c4ccccc4)[nH]c3=O)CC2)C1=O. The molecule has 1 fully saturated rings. The van der Waals surface area contributed by atoms with Crippen LogP contribution in [0.4, 0.5) is 0 Å². The standard InChI is InChI=1S/C32H37ClN6O3/c1-32(2,3)19-38-17-25-21(14-26(33)29-24(25)16-34-36-29)13-22(30(38)41)15-28(40)37-11-9-23(10-12-37)39-18-27(35-31(39)42)20-7-5-4-6-8-20/h4-8,14,16,18,22-23H,9-13,15,17,19H2,1-3H3,(H,34,36)(H,35,42). The lowest BCUT2D eigenvalue weighted by atomic mass is 9.92. The fourth-order valence-electron chi connectivity index (χ4n) is 6.48. The van der Waals surface area contributed by atoms with Gasteiger partial charge in [0, 0.05) is 50.2 Å². The Hall–Kier alpha value is -3.85. The Labute approximate surface area is 249 Å². The first kappa shape index (κ1) is 28.3. The molecule has 1 saturated heterocycles. The van der Waals surface area contributed by atoms with Crippen LogP contribution in [-0.4, -0.2) is 61.0 Å². The predicted octanol–water partition coefficient (Wildman–Crippen LogP) is 5.17. The molecule has 4 heterocycles. The number of piperidine rings is 1. The maximum atomic E-state index is 13.9. The molecule has 1 unspecified atom stereocenters. The summed E-state index contributed by atoms with van der Waals surface area (Å²) in [5, 5.41) is 8.67. The van der Waals surface area contributed by atoms with Gasteiger partial charge in [0.15, 0.2) is 0 Å². The fourth-order valence-corrected chi connectivity index (χ4v) is 6.75. The molecule has 2 aliphatic rings. The number of imidazole rings is 1. The average Bonchev–Trinajstić information content (AvgIpc) is 3.59. The molecule has 2 aromatic carbocycles. The number of aromatic nitrogens is 4. The van der Waals surface area contributed by atoms with Crippen molar-refractivity contribution < 1.29 is 9.59 Å². The number of nitrogens with zero attached hydrogens (tertiary/aromatic N) is 4. The molecule has 0 aliphatic carbocycles. The number of fused-ring (bicyclic) bond motifs is 3. The molecule has 10 heteroatoms. The van der Waals surface area contributed by atoms with E-state index in [0.29, 0.717) is 50.5 Å². The zero-order valence-electron chi connectivity index (χ0n) is 24.3. The van der Waals surface area contributed by atoms with Crippen LogP contribution in [0.25, 0.3) is 22.2 Å². The minimum atomic E-state index is -0.472. The van der Waals surface area contributed by atoms with Gasteiger partial charge in [0.25, 0.3) is 0 Å². The zero-order chi connectivity index (χ0) is 29.6. The second kappa shape index (κ2) is 11.1.